The topological polar surface area (TPSA) is 74.3 Å². The first-order valence-corrected chi connectivity index (χ1v) is 6.74. The van der Waals surface area contributed by atoms with Gasteiger partial charge in [-0.05, 0) is 29.8 Å². The highest BCUT2D eigenvalue weighted by Crippen LogP contribution is 2.31. The lowest BCUT2D eigenvalue weighted by Crippen LogP contribution is -2.42. The van der Waals surface area contributed by atoms with E-state index in [4.69, 9.17) is 11.6 Å². The Kier molecular flexibility index (Phi) is 3.35. The molecule has 2 N–H and O–H groups in total. The summed E-state index contributed by atoms with van der Waals surface area (Å²) in [5.41, 5.74) is 1.55. The SMILES string of the molecule is CN=C1NC(=O)C(c2ccc[nH]c2=O)c2cc(Cl)ccc21. The Labute approximate surface area is 125 Å². The number of pyridine rings is 1. The second kappa shape index (κ2) is 5.18. The Morgan fingerprint density at radius 2 is 2.00 bits per heavy atom. The smallest absolute Gasteiger partial charge is 0.252 e. The molecule has 1 unspecified atom stereocenters. The molecule has 1 aromatic carbocycles. The average molecular weight is 302 g/mol. The summed E-state index contributed by atoms with van der Waals surface area (Å²) in [4.78, 5) is 31.1. The number of aromatic nitrogens is 1. The number of H-pyrrole nitrogens is 1. The van der Waals surface area contributed by atoms with Crippen LogP contribution >= 0.6 is 11.6 Å². The number of amides is 1. The third-order valence-electron chi connectivity index (χ3n) is 3.47. The maximum absolute atomic E-state index is 12.4. The highest BCUT2D eigenvalue weighted by molar-refractivity contribution is 6.31. The molecule has 106 valence electrons. The lowest BCUT2D eigenvalue weighted by atomic mass is 9.85. The van der Waals surface area contributed by atoms with Gasteiger partial charge in [-0.15, -0.1) is 0 Å². The van der Waals surface area contributed by atoms with Crippen molar-refractivity contribution < 1.29 is 4.79 Å². The molecule has 2 heterocycles. The second-order valence-electron chi connectivity index (χ2n) is 4.68. The van der Waals surface area contributed by atoms with E-state index < -0.39 is 5.92 Å². The number of fused-ring (bicyclic) bond motifs is 1. The second-order valence-corrected chi connectivity index (χ2v) is 5.12. The molecule has 1 aromatic heterocycles. The normalized spacial score (nSPS) is 19.2. The lowest BCUT2D eigenvalue weighted by molar-refractivity contribution is -0.120. The molecule has 0 aliphatic carbocycles. The van der Waals surface area contributed by atoms with Gasteiger partial charge in [0.15, 0.2) is 0 Å². The van der Waals surface area contributed by atoms with Crippen LogP contribution in [0.5, 0.6) is 0 Å². The molecule has 1 amide bonds. The molecule has 0 bridgehead atoms. The number of aromatic amines is 1. The molecule has 2 aromatic rings. The van der Waals surface area contributed by atoms with E-state index >= 15 is 0 Å². The number of nitrogens with one attached hydrogen (secondary N) is 2. The van der Waals surface area contributed by atoms with Gasteiger partial charge in [-0.2, -0.15) is 0 Å². The van der Waals surface area contributed by atoms with Gasteiger partial charge in [-0.3, -0.25) is 14.6 Å². The number of benzene rings is 1. The minimum Gasteiger partial charge on any atom is -0.329 e. The first-order chi connectivity index (χ1) is 10.1. The number of aliphatic imine (C=N–C) groups is 1. The summed E-state index contributed by atoms with van der Waals surface area (Å²) in [7, 11) is 1.60. The summed E-state index contributed by atoms with van der Waals surface area (Å²) in [6.45, 7) is 0. The van der Waals surface area contributed by atoms with Crippen LogP contribution in [-0.2, 0) is 4.79 Å². The minimum absolute atomic E-state index is 0.290. The van der Waals surface area contributed by atoms with Crippen LogP contribution in [0.3, 0.4) is 0 Å². The summed E-state index contributed by atoms with van der Waals surface area (Å²) in [5.74, 6) is -0.508. The zero-order valence-electron chi connectivity index (χ0n) is 11.2. The van der Waals surface area contributed by atoms with Gasteiger partial charge in [0.2, 0.25) is 5.91 Å². The maximum Gasteiger partial charge on any atom is 0.252 e. The molecule has 0 radical (unpaired) electrons. The van der Waals surface area contributed by atoms with Crippen LogP contribution in [0.4, 0.5) is 0 Å². The highest BCUT2D eigenvalue weighted by Gasteiger charge is 2.33. The molecular formula is C15H12ClN3O2. The number of hydrogen-bond donors (Lipinski definition) is 2. The Morgan fingerprint density at radius 3 is 2.71 bits per heavy atom. The lowest BCUT2D eigenvalue weighted by Gasteiger charge is -2.26. The number of amidine groups is 1. The molecule has 0 fully saturated rings. The van der Waals surface area contributed by atoms with Crippen LogP contribution in [0.2, 0.25) is 5.02 Å². The Hall–Kier alpha value is -2.40. The van der Waals surface area contributed by atoms with E-state index in [2.05, 4.69) is 15.3 Å². The summed E-state index contributed by atoms with van der Waals surface area (Å²) < 4.78 is 0. The van der Waals surface area contributed by atoms with E-state index in [1.807, 2.05) is 0 Å². The Bertz CT molecular complexity index is 811. The van der Waals surface area contributed by atoms with E-state index in [0.717, 1.165) is 5.56 Å². The van der Waals surface area contributed by atoms with Crippen molar-refractivity contribution in [3.8, 4) is 0 Å². The van der Waals surface area contributed by atoms with Gasteiger partial charge in [-0.1, -0.05) is 17.7 Å². The summed E-state index contributed by atoms with van der Waals surface area (Å²) in [6, 6.07) is 8.57. The van der Waals surface area contributed by atoms with Crippen LogP contribution in [0.15, 0.2) is 46.3 Å². The minimum atomic E-state index is -0.700. The van der Waals surface area contributed by atoms with E-state index in [1.165, 1.54) is 6.20 Å². The first kappa shape index (κ1) is 13.6. The van der Waals surface area contributed by atoms with E-state index in [9.17, 15) is 9.59 Å². The number of carbonyl (C=O) groups excluding carboxylic acids is 1. The van der Waals surface area contributed by atoms with Crippen LogP contribution in [-0.4, -0.2) is 23.8 Å². The van der Waals surface area contributed by atoms with Crippen LogP contribution in [0.25, 0.3) is 0 Å². The average Bonchev–Trinajstić information content (AvgIpc) is 2.47. The number of carbonyl (C=O) groups is 1. The van der Waals surface area contributed by atoms with E-state index in [1.54, 1.807) is 37.4 Å². The number of hydrogen-bond acceptors (Lipinski definition) is 3. The van der Waals surface area contributed by atoms with Gasteiger partial charge in [0, 0.05) is 29.4 Å². The maximum atomic E-state index is 12.4. The summed E-state index contributed by atoms with van der Waals surface area (Å²) in [5, 5.41) is 3.24. The van der Waals surface area contributed by atoms with Crippen molar-refractivity contribution in [1.82, 2.24) is 10.3 Å². The molecule has 5 nitrogen and oxygen atoms in total. The Morgan fingerprint density at radius 1 is 1.19 bits per heavy atom. The van der Waals surface area contributed by atoms with Crippen LogP contribution in [0.1, 0.15) is 22.6 Å². The van der Waals surface area contributed by atoms with Crippen molar-refractivity contribution in [2.45, 2.75) is 5.92 Å². The summed E-state index contributed by atoms with van der Waals surface area (Å²) in [6.07, 6.45) is 1.53. The fourth-order valence-corrected chi connectivity index (χ4v) is 2.71. The zero-order valence-corrected chi connectivity index (χ0v) is 11.9. The fourth-order valence-electron chi connectivity index (χ4n) is 2.53. The molecule has 0 saturated heterocycles. The van der Waals surface area contributed by atoms with Crippen LogP contribution < -0.4 is 10.9 Å². The van der Waals surface area contributed by atoms with Gasteiger partial charge in [0.25, 0.3) is 5.56 Å². The molecule has 6 heteroatoms. The third kappa shape index (κ3) is 2.25. The Balaban J connectivity index is 2.27. The largest absolute Gasteiger partial charge is 0.329 e. The van der Waals surface area contributed by atoms with Crippen molar-refractivity contribution >= 4 is 23.3 Å². The molecule has 0 spiro atoms. The van der Waals surface area contributed by atoms with Gasteiger partial charge < -0.3 is 10.3 Å². The molecule has 21 heavy (non-hydrogen) atoms. The van der Waals surface area contributed by atoms with Crippen molar-refractivity contribution in [1.29, 1.82) is 0 Å². The van der Waals surface area contributed by atoms with Crippen molar-refractivity contribution in [3.05, 3.63) is 68.6 Å². The standard InChI is InChI=1S/C15H12ClN3O2/c1-17-13-9-5-4-8(16)7-11(9)12(15(21)19-13)10-3-2-6-18-14(10)20/h2-7,12H,1H3,(H,18,20)(H,17,19,21). The van der Waals surface area contributed by atoms with Gasteiger partial charge >= 0.3 is 0 Å². The first-order valence-electron chi connectivity index (χ1n) is 6.37. The van der Waals surface area contributed by atoms with Crippen molar-refractivity contribution in [3.63, 3.8) is 0 Å². The monoisotopic (exact) mass is 301 g/mol. The molecular weight excluding hydrogens is 290 g/mol. The predicted molar refractivity (Wildman–Crippen MR) is 81.0 cm³/mol. The molecule has 1 aliphatic rings. The van der Waals surface area contributed by atoms with Gasteiger partial charge in [-0.25, -0.2) is 0 Å². The third-order valence-corrected chi connectivity index (χ3v) is 3.70. The molecule has 3 rings (SSSR count). The fraction of sp³-hybridized carbons (Fsp3) is 0.133. The summed E-state index contributed by atoms with van der Waals surface area (Å²) >= 11 is 6.05. The van der Waals surface area contributed by atoms with Crippen LogP contribution in [0, 0.1) is 0 Å². The molecule has 0 saturated carbocycles. The predicted octanol–water partition coefficient (Wildman–Crippen LogP) is 1.67. The number of rotatable bonds is 1. The molecule has 1 atom stereocenters. The van der Waals surface area contributed by atoms with E-state index in [-0.39, 0.29) is 11.5 Å². The van der Waals surface area contributed by atoms with Crippen molar-refractivity contribution in [2.75, 3.05) is 7.05 Å². The zero-order chi connectivity index (χ0) is 15.0. The number of halogens is 1. The highest BCUT2D eigenvalue weighted by atomic mass is 35.5. The van der Waals surface area contributed by atoms with Gasteiger partial charge in [0.05, 0.1) is 5.92 Å². The molecule has 1 aliphatic heterocycles. The van der Waals surface area contributed by atoms with E-state index in [0.29, 0.717) is 22.0 Å². The van der Waals surface area contributed by atoms with Crippen molar-refractivity contribution in [2.24, 2.45) is 4.99 Å². The van der Waals surface area contributed by atoms with Gasteiger partial charge in [0.1, 0.15) is 5.84 Å². The number of nitrogens with zero attached hydrogens (tertiary/aromatic N) is 1. The quantitative estimate of drug-likeness (QED) is 0.841.